The molecule has 0 aromatic heterocycles. The third kappa shape index (κ3) is 3.02. The van der Waals surface area contributed by atoms with Crippen molar-refractivity contribution in [3.8, 4) is 0 Å². The van der Waals surface area contributed by atoms with Crippen LogP contribution >= 0.6 is 0 Å². The van der Waals surface area contributed by atoms with Crippen molar-refractivity contribution in [1.82, 2.24) is 5.32 Å². The quantitative estimate of drug-likeness (QED) is 0.872. The summed E-state index contributed by atoms with van der Waals surface area (Å²) in [6, 6.07) is 5.98. The highest BCUT2D eigenvalue weighted by atomic mass is 16.4. The SMILES string of the molecule is C=C1NC(CC(C)CC(=O)O)=Nc2c(C)cccc21. The van der Waals surface area contributed by atoms with Crippen molar-refractivity contribution in [2.45, 2.75) is 26.7 Å². The van der Waals surface area contributed by atoms with E-state index in [4.69, 9.17) is 5.11 Å². The van der Waals surface area contributed by atoms with Gasteiger partial charge in [-0.25, -0.2) is 4.99 Å². The molecule has 0 saturated heterocycles. The Morgan fingerprint density at radius 1 is 1.53 bits per heavy atom. The number of para-hydroxylation sites is 1. The summed E-state index contributed by atoms with van der Waals surface area (Å²) in [5, 5.41) is 12.0. The zero-order valence-electron chi connectivity index (χ0n) is 11.2. The summed E-state index contributed by atoms with van der Waals surface area (Å²) < 4.78 is 0. The number of carboxylic acids is 1. The second-order valence-electron chi connectivity index (χ2n) is 5.04. The van der Waals surface area contributed by atoms with E-state index in [2.05, 4.69) is 16.9 Å². The molecule has 0 bridgehead atoms. The summed E-state index contributed by atoms with van der Waals surface area (Å²) in [6.45, 7) is 7.93. The van der Waals surface area contributed by atoms with Gasteiger partial charge in [0.1, 0.15) is 5.84 Å². The van der Waals surface area contributed by atoms with Gasteiger partial charge in [0.2, 0.25) is 0 Å². The molecule has 1 heterocycles. The second kappa shape index (κ2) is 5.26. The third-order valence-corrected chi connectivity index (χ3v) is 3.17. The van der Waals surface area contributed by atoms with Crippen molar-refractivity contribution in [2.24, 2.45) is 10.9 Å². The van der Waals surface area contributed by atoms with E-state index in [1.165, 1.54) is 0 Å². The molecule has 0 spiro atoms. The van der Waals surface area contributed by atoms with Gasteiger partial charge in [0.25, 0.3) is 0 Å². The molecule has 19 heavy (non-hydrogen) atoms. The summed E-state index contributed by atoms with van der Waals surface area (Å²) in [5.74, 6) is 0.0574. The maximum atomic E-state index is 10.7. The molecule has 0 aliphatic carbocycles. The smallest absolute Gasteiger partial charge is 0.303 e. The van der Waals surface area contributed by atoms with Crippen LogP contribution in [0, 0.1) is 12.8 Å². The molecule has 0 amide bonds. The van der Waals surface area contributed by atoms with Crippen LogP contribution in [0.3, 0.4) is 0 Å². The van der Waals surface area contributed by atoms with E-state index in [9.17, 15) is 4.79 Å². The number of nitrogens with one attached hydrogen (secondary N) is 1. The first-order valence-electron chi connectivity index (χ1n) is 6.32. The number of fused-ring (bicyclic) bond motifs is 1. The number of hydrogen-bond donors (Lipinski definition) is 2. The molecular weight excluding hydrogens is 240 g/mol. The number of carbonyl (C=O) groups is 1. The number of aliphatic carboxylic acids is 1. The summed E-state index contributed by atoms with van der Waals surface area (Å²) >= 11 is 0. The number of amidine groups is 1. The predicted molar refractivity (Wildman–Crippen MR) is 76.5 cm³/mol. The highest BCUT2D eigenvalue weighted by molar-refractivity contribution is 5.98. The number of hydrogen-bond acceptors (Lipinski definition) is 3. The summed E-state index contributed by atoms with van der Waals surface area (Å²) in [6.07, 6.45) is 0.757. The Kier molecular flexibility index (Phi) is 3.69. The molecule has 1 aliphatic rings. The van der Waals surface area contributed by atoms with Crippen LogP contribution in [0.2, 0.25) is 0 Å². The molecule has 1 aromatic carbocycles. The number of rotatable bonds is 4. The fourth-order valence-corrected chi connectivity index (χ4v) is 2.25. The van der Waals surface area contributed by atoms with Gasteiger partial charge < -0.3 is 10.4 Å². The van der Waals surface area contributed by atoms with Crippen molar-refractivity contribution in [1.29, 1.82) is 0 Å². The van der Waals surface area contributed by atoms with Gasteiger partial charge in [0.05, 0.1) is 5.69 Å². The third-order valence-electron chi connectivity index (χ3n) is 3.17. The highest BCUT2D eigenvalue weighted by Crippen LogP contribution is 2.31. The number of aryl methyl sites for hydroxylation is 1. The first-order valence-corrected chi connectivity index (χ1v) is 6.32. The minimum Gasteiger partial charge on any atom is -0.481 e. The zero-order valence-corrected chi connectivity index (χ0v) is 11.2. The molecule has 2 rings (SSSR count). The number of aliphatic imine (C=N–C) groups is 1. The lowest BCUT2D eigenvalue weighted by Gasteiger charge is -2.22. The molecule has 2 N–H and O–H groups in total. The van der Waals surface area contributed by atoms with Crippen LogP contribution in [0.5, 0.6) is 0 Å². The Balaban J connectivity index is 2.23. The second-order valence-corrected chi connectivity index (χ2v) is 5.04. The topological polar surface area (TPSA) is 61.7 Å². The van der Waals surface area contributed by atoms with Crippen LogP contribution in [0.15, 0.2) is 29.8 Å². The van der Waals surface area contributed by atoms with Gasteiger partial charge in [-0.1, -0.05) is 31.7 Å². The molecule has 0 saturated carbocycles. The van der Waals surface area contributed by atoms with E-state index in [-0.39, 0.29) is 12.3 Å². The molecule has 4 nitrogen and oxygen atoms in total. The van der Waals surface area contributed by atoms with E-state index in [1.807, 2.05) is 32.0 Å². The summed E-state index contributed by atoms with van der Waals surface area (Å²) in [7, 11) is 0. The fraction of sp³-hybridized carbons (Fsp3) is 0.333. The molecule has 1 aromatic rings. The van der Waals surface area contributed by atoms with Crippen LogP contribution in [-0.2, 0) is 4.79 Å². The van der Waals surface area contributed by atoms with Crippen LogP contribution in [0.1, 0.15) is 30.9 Å². The standard InChI is InChI=1S/C15H18N2O2/c1-9(8-14(18)19)7-13-16-11(3)12-6-4-5-10(2)15(12)17-13/h4-6,9H,3,7-8H2,1-2H3,(H,16,17)(H,18,19). The Labute approximate surface area is 112 Å². The average molecular weight is 258 g/mol. The van der Waals surface area contributed by atoms with Crippen LogP contribution in [0.25, 0.3) is 5.70 Å². The van der Waals surface area contributed by atoms with Gasteiger partial charge >= 0.3 is 5.97 Å². The van der Waals surface area contributed by atoms with Crippen LogP contribution in [0.4, 0.5) is 5.69 Å². The molecule has 100 valence electrons. The maximum absolute atomic E-state index is 10.7. The van der Waals surface area contributed by atoms with Crippen LogP contribution < -0.4 is 5.32 Å². The molecule has 4 heteroatoms. The van der Waals surface area contributed by atoms with Gasteiger partial charge in [-0.3, -0.25) is 4.79 Å². The minimum absolute atomic E-state index is 0.0436. The van der Waals surface area contributed by atoms with Crippen molar-refractivity contribution >= 4 is 23.2 Å². The van der Waals surface area contributed by atoms with Crippen molar-refractivity contribution < 1.29 is 9.90 Å². The normalized spacial score (nSPS) is 15.3. The van der Waals surface area contributed by atoms with E-state index in [1.54, 1.807) is 0 Å². The van der Waals surface area contributed by atoms with E-state index >= 15 is 0 Å². The Morgan fingerprint density at radius 2 is 2.26 bits per heavy atom. The van der Waals surface area contributed by atoms with Crippen LogP contribution in [-0.4, -0.2) is 16.9 Å². The van der Waals surface area contributed by atoms with E-state index < -0.39 is 5.97 Å². The maximum Gasteiger partial charge on any atom is 0.303 e. The summed E-state index contributed by atoms with van der Waals surface area (Å²) in [4.78, 5) is 15.3. The summed E-state index contributed by atoms with van der Waals surface area (Å²) in [5.41, 5.74) is 3.87. The monoisotopic (exact) mass is 258 g/mol. The Morgan fingerprint density at radius 3 is 2.95 bits per heavy atom. The molecule has 0 radical (unpaired) electrons. The number of nitrogens with zero attached hydrogens (tertiary/aromatic N) is 1. The van der Waals surface area contributed by atoms with Crippen molar-refractivity contribution in [3.05, 3.63) is 35.9 Å². The average Bonchev–Trinajstić information content (AvgIpc) is 2.29. The number of benzene rings is 1. The van der Waals surface area contributed by atoms with Crippen molar-refractivity contribution in [2.75, 3.05) is 0 Å². The molecule has 1 aliphatic heterocycles. The van der Waals surface area contributed by atoms with Gasteiger partial charge in [-0.05, 0) is 18.4 Å². The fourth-order valence-electron chi connectivity index (χ4n) is 2.25. The lowest BCUT2D eigenvalue weighted by molar-refractivity contribution is -0.137. The first-order chi connectivity index (χ1) is 8.97. The van der Waals surface area contributed by atoms with Crippen molar-refractivity contribution in [3.63, 3.8) is 0 Å². The predicted octanol–water partition coefficient (Wildman–Crippen LogP) is 3.10. The zero-order chi connectivity index (χ0) is 14.0. The highest BCUT2D eigenvalue weighted by Gasteiger charge is 2.18. The Hall–Kier alpha value is -2.10. The van der Waals surface area contributed by atoms with Gasteiger partial charge in [-0.2, -0.15) is 0 Å². The Bertz CT molecular complexity index is 561. The van der Waals surface area contributed by atoms with Gasteiger partial charge in [-0.15, -0.1) is 0 Å². The lowest BCUT2D eigenvalue weighted by atomic mass is 10.00. The molecule has 1 atom stereocenters. The minimum atomic E-state index is -0.778. The first kappa shape index (κ1) is 13.3. The van der Waals surface area contributed by atoms with Gasteiger partial charge in [0, 0.05) is 24.1 Å². The lowest BCUT2D eigenvalue weighted by Crippen LogP contribution is -2.27. The molecule has 1 unspecified atom stereocenters. The number of carboxylic acid groups (broad SMARTS) is 1. The largest absolute Gasteiger partial charge is 0.481 e. The molecular formula is C15H18N2O2. The van der Waals surface area contributed by atoms with E-state index in [0.717, 1.165) is 28.3 Å². The molecule has 0 fully saturated rings. The van der Waals surface area contributed by atoms with Gasteiger partial charge in [0.15, 0.2) is 0 Å². The van der Waals surface area contributed by atoms with E-state index in [0.29, 0.717) is 6.42 Å².